The van der Waals surface area contributed by atoms with Crippen LogP contribution in [-0.4, -0.2) is 79.4 Å². The van der Waals surface area contributed by atoms with Crippen molar-refractivity contribution in [1.82, 2.24) is 47.0 Å². The summed E-state index contributed by atoms with van der Waals surface area (Å²) in [4.78, 5) is 72.1. The molecule has 0 spiro atoms. The van der Waals surface area contributed by atoms with Gasteiger partial charge in [0.2, 0.25) is 0 Å². The summed E-state index contributed by atoms with van der Waals surface area (Å²) in [7, 11) is 0. The average Bonchev–Trinajstić information content (AvgIpc) is 1.56. The molecule has 12 aromatic carbocycles. The summed E-state index contributed by atoms with van der Waals surface area (Å²) < 4.78 is 16.4. The molecule has 1 N–H and O–H groups in total. The van der Waals surface area contributed by atoms with Gasteiger partial charge in [-0.1, -0.05) is 194 Å². The fourth-order valence-electron chi connectivity index (χ4n) is 14.8. The molecular formula is C80H41AlN16OTi. The van der Waals surface area contributed by atoms with Crippen molar-refractivity contribution in [3.63, 3.8) is 0 Å². The van der Waals surface area contributed by atoms with E-state index in [1.165, 1.54) is 0 Å². The second kappa shape index (κ2) is 21.1. The number of hydrogen-bond donors (Lipinski definition) is 1. The van der Waals surface area contributed by atoms with E-state index in [-0.39, 0.29) is 21.7 Å². The third-order valence-electron chi connectivity index (χ3n) is 19.4. The van der Waals surface area contributed by atoms with Crippen LogP contribution in [0.2, 0.25) is 0 Å². The van der Waals surface area contributed by atoms with Crippen LogP contribution in [0.4, 0.5) is 11.6 Å². The minimum atomic E-state index is -3.18. The monoisotopic (exact) mass is 1320 g/mol. The Balaban J connectivity index is 0.000000134. The molecule has 0 atom stereocenters. The number of aromatic nitrogens is 10. The maximum atomic E-state index is 12.6. The normalized spacial score (nSPS) is 13.6. The Labute approximate surface area is 578 Å². The summed E-state index contributed by atoms with van der Waals surface area (Å²) in [6.07, 6.45) is 0. The van der Waals surface area contributed by atoms with Gasteiger partial charge in [0.1, 0.15) is 22.6 Å². The third kappa shape index (κ3) is 8.36. The maximum Gasteiger partial charge on any atom is 2.00 e. The fourth-order valence-corrected chi connectivity index (χ4v) is 16.7. The van der Waals surface area contributed by atoms with E-state index in [2.05, 4.69) is 97.1 Å². The van der Waals surface area contributed by atoms with E-state index in [0.29, 0.717) is 91.8 Å². The van der Waals surface area contributed by atoms with Crippen LogP contribution in [0.1, 0.15) is 22.3 Å². The van der Waals surface area contributed by atoms with E-state index in [1.807, 2.05) is 153 Å². The second-order valence-corrected chi connectivity index (χ2v) is 26.7. The topological polar surface area (TPSA) is 210 Å². The summed E-state index contributed by atoms with van der Waals surface area (Å²) in [6, 6.07) is 82.4. The second-order valence-electron chi connectivity index (χ2n) is 25.0. The number of nitrogens with zero attached hydrogens (tertiary/aromatic N) is 16. The Morgan fingerprint density at radius 2 is 0.515 bits per heavy atom. The molecule has 6 aliphatic heterocycles. The standard InChI is InChI=1S/C48H24N8.C32H16N8.Al.H2O.Ti/c1-2-10-26-18-34-33(17-25(26)9-1)41-49-42(34)54-44-37-21-29-13-5-6-14-30(29)22-38(37)46(51-44)56-48-40-24-32-16-8-7-15-31(32)23-39(40)47(52-48)55-45-36-20-28-12-4-3-11-27(28)19-35(36)43(50-45)53-41;1-2-10-18-17(9-1)25-33-26(18)38-28-21-13-5-6-14-22(21)30(35-28)40-32-24-16-8-7-15-23(24)31(36-32)39-29-20-12-4-3-11-19(20)27(34-29)37-25;;;/h1-24H;1-16H;;1H2;/q2*-2;+3;;+2/p-1. The van der Waals surface area contributed by atoms with Crippen molar-refractivity contribution in [1.29, 1.82) is 0 Å². The van der Waals surface area contributed by atoms with Crippen LogP contribution in [0.3, 0.4) is 0 Å². The van der Waals surface area contributed by atoms with Gasteiger partial charge >= 0.3 is 36.6 Å². The molecule has 0 fully saturated rings. The Bertz CT molecular complexity index is 6420. The number of rotatable bonds is 0. The first-order valence-corrected chi connectivity index (χ1v) is 33.7. The number of hydrogen-bond acceptors (Lipinski definition) is 13. The van der Waals surface area contributed by atoms with E-state index in [9.17, 15) is 4.16 Å². The van der Waals surface area contributed by atoms with Gasteiger partial charge in [0.05, 0.1) is 23.3 Å². The molecule has 17 aromatic rings. The molecule has 11 heterocycles. The molecule has 23 rings (SSSR count). The molecule has 0 unspecified atom stereocenters. The Morgan fingerprint density at radius 1 is 0.253 bits per heavy atom. The number of fused-ring (bicyclic) bond motifs is 38. The van der Waals surface area contributed by atoms with Crippen molar-refractivity contribution >= 4 is 159 Å². The minimum Gasteiger partial charge on any atom is -0.479 e. The van der Waals surface area contributed by atoms with Gasteiger partial charge in [0, 0.05) is 88.6 Å². The van der Waals surface area contributed by atoms with Crippen molar-refractivity contribution in [3.05, 3.63) is 276 Å². The molecule has 0 saturated carbocycles. The summed E-state index contributed by atoms with van der Waals surface area (Å²) >= 11 is -3.18. The molecular weight excluding hydrogens is 1280 g/mol. The summed E-state index contributed by atoms with van der Waals surface area (Å²) in [5, 5.41) is 15.7. The summed E-state index contributed by atoms with van der Waals surface area (Å²) in [5.41, 5.74) is 10.5. The van der Waals surface area contributed by atoms with Gasteiger partial charge in [-0.15, -0.1) is 0 Å². The van der Waals surface area contributed by atoms with Gasteiger partial charge in [-0.25, -0.2) is 39.9 Å². The molecule has 0 amide bonds. The van der Waals surface area contributed by atoms with Crippen molar-refractivity contribution in [2.24, 2.45) is 30.0 Å². The van der Waals surface area contributed by atoms with Crippen LogP contribution in [0, 0.1) is 0 Å². The predicted octanol–water partition coefficient (Wildman–Crippen LogP) is 14.7. The van der Waals surface area contributed by atoms with Crippen LogP contribution < -0.4 is 20.9 Å². The van der Waals surface area contributed by atoms with Gasteiger partial charge in [0.15, 0.2) is 23.3 Å². The molecule has 17 nitrogen and oxygen atoms in total. The van der Waals surface area contributed by atoms with Crippen molar-refractivity contribution in [2.75, 3.05) is 0 Å². The van der Waals surface area contributed by atoms with Crippen LogP contribution in [0.25, 0.3) is 154 Å². The smallest absolute Gasteiger partial charge is 0.479 e. The summed E-state index contributed by atoms with van der Waals surface area (Å²) in [5.74, 6) is 5.58. The minimum absolute atomic E-state index is 0. The van der Waals surface area contributed by atoms with Gasteiger partial charge < -0.3 is 41.2 Å². The quantitative estimate of drug-likeness (QED) is 0.143. The van der Waals surface area contributed by atoms with Gasteiger partial charge in [0.25, 0.3) is 0 Å². The number of amidine groups is 4. The third-order valence-corrected chi connectivity index (χ3v) is 21.3. The van der Waals surface area contributed by atoms with Gasteiger partial charge in [-0.05, 0) is 113 Å². The van der Waals surface area contributed by atoms with E-state index in [0.717, 1.165) is 131 Å². The fraction of sp³-hybridized carbons (Fsp3) is 0. The molecule has 5 aromatic heterocycles. The van der Waals surface area contributed by atoms with Crippen molar-refractivity contribution in [2.45, 2.75) is 0 Å². The zero-order valence-electron chi connectivity index (χ0n) is 51.8. The van der Waals surface area contributed by atoms with E-state index in [4.69, 9.17) is 69.8 Å². The molecule has 99 heavy (non-hydrogen) atoms. The molecule has 6 aliphatic rings. The summed E-state index contributed by atoms with van der Waals surface area (Å²) in [6.45, 7) is 0. The first kappa shape index (κ1) is 55.8. The SMILES string of the molecule is [OH][Al]1[n]2c3c4ccccc4c2N=C2N=C(N=c4c5ccccc5c([n]41)=NC1=NC(=N3)c3ccccc31)c1ccccc12.[Ti+2].c1ccc2cc3c(cc2c1)-c1nc-3nc2[n-]c(nc3nc(nc4[n-]c(n1)c1cc5ccccc5cc41)-c1cc4ccccc4cc1-3)c1cc3ccccc3cc21. The molecule has 0 aliphatic carbocycles. The Kier molecular flexibility index (Phi) is 11.9. The Morgan fingerprint density at radius 3 is 0.828 bits per heavy atom. The van der Waals surface area contributed by atoms with Crippen LogP contribution in [-0.2, 0) is 21.7 Å². The maximum absolute atomic E-state index is 12.6. The molecule has 0 radical (unpaired) electrons. The average molecular weight is 1320 g/mol. The largest absolute Gasteiger partial charge is 2.00 e. The van der Waals surface area contributed by atoms with Gasteiger partial charge in [-0.2, -0.15) is 0 Å². The number of aliphatic imine (C=N–C) groups is 4. The van der Waals surface area contributed by atoms with Gasteiger partial charge in [-0.3, -0.25) is 0 Å². The zero-order chi connectivity index (χ0) is 64.0. The van der Waals surface area contributed by atoms with Crippen LogP contribution in [0.5, 0.6) is 0 Å². The van der Waals surface area contributed by atoms with Crippen LogP contribution in [0.15, 0.2) is 273 Å². The van der Waals surface area contributed by atoms with Crippen molar-refractivity contribution < 1.29 is 25.9 Å². The van der Waals surface area contributed by atoms with E-state index in [1.54, 1.807) is 0 Å². The molecule has 0 saturated heterocycles. The Hall–Kier alpha value is -12.4. The van der Waals surface area contributed by atoms with Crippen LogP contribution >= 0.6 is 0 Å². The predicted molar refractivity (Wildman–Crippen MR) is 387 cm³/mol. The zero-order valence-corrected chi connectivity index (χ0v) is 54.5. The first-order chi connectivity index (χ1) is 48.4. The number of benzene rings is 12. The molecule has 14 bridgehead atoms. The molecule has 454 valence electrons. The van der Waals surface area contributed by atoms with Crippen molar-refractivity contribution in [3.8, 4) is 45.6 Å². The molecule has 19 heteroatoms. The van der Waals surface area contributed by atoms with E-state index < -0.39 is 14.9 Å². The first-order valence-electron chi connectivity index (χ1n) is 32.2. The van der Waals surface area contributed by atoms with E-state index >= 15 is 0 Å².